The van der Waals surface area contributed by atoms with Gasteiger partial charge in [0.05, 0.1) is 0 Å². The summed E-state index contributed by atoms with van der Waals surface area (Å²) in [4.78, 5) is 13.5. The third kappa shape index (κ3) is 0.946. The molecule has 1 heterocycles. The maximum Gasteiger partial charge on any atom is 0.240 e. The Bertz CT molecular complexity index is 355. The molecule has 60 valence electrons. The SMILES string of the molecule is O=C=Nc1cccc2c1OCO2. The van der Waals surface area contributed by atoms with Crippen molar-refractivity contribution in [1.29, 1.82) is 0 Å². The van der Waals surface area contributed by atoms with Crippen molar-refractivity contribution in [3.63, 3.8) is 0 Å². The Morgan fingerprint density at radius 3 is 3.17 bits per heavy atom. The number of carbonyl (C=O) groups excluding carboxylic acids is 1. The molecule has 0 bridgehead atoms. The maximum atomic E-state index is 9.99. The Hall–Kier alpha value is -1.80. The maximum absolute atomic E-state index is 9.99. The van der Waals surface area contributed by atoms with Gasteiger partial charge in [0.1, 0.15) is 5.69 Å². The van der Waals surface area contributed by atoms with Crippen LogP contribution in [0.2, 0.25) is 0 Å². The third-order valence-electron chi connectivity index (χ3n) is 1.54. The van der Waals surface area contributed by atoms with Gasteiger partial charge in [-0.05, 0) is 12.1 Å². The lowest BCUT2D eigenvalue weighted by atomic mass is 10.3. The van der Waals surface area contributed by atoms with E-state index in [9.17, 15) is 4.79 Å². The molecule has 0 N–H and O–H groups in total. The quantitative estimate of drug-likeness (QED) is 0.464. The second-order valence-electron chi connectivity index (χ2n) is 2.21. The Balaban J connectivity index is 2.56. The van der Waals surface area contributed by atoms with Crippen LogP contribution in [0.3, 0.4) is 0 Å². The number of hydrogen-bond donors (Lipinski definition) is 0. The van der Waals surface area contributed by atoms with Gasteiger partial charge in [-0.2, -0.15) is 4.99 Å². The minimum Gasteiger partial charge on any atom is -0.454 e. The van der Waals surface area contributed by atoms with Gasteiger partial charge < -0.3 is 9.47 Å². The van der Waals surface area contributed by atoms with E-state index in [4.69, 9.17) is 9.47 Å². The van der Waals surface area contributed by atoms with Crippen LogP contribution in [0.25, 0.3) is 0 Å². The molecule has 0 fully saturated rings. The Kier molecular flexibility index (Phi) is 1.54. The molecule has 1 aliphatic heterocycles. The fourth-order valence-electron chi connectivity index (χ4n) is 1.05. The van der Waals surface area contributed by atoms with Crippen molar-refractivity contribution < 1.29 is 14.3 Å². The van der Waals surface area contributed by atoms with Gasteiger partial charge in [-0.25, -0.2) is 4.79 Å². The van der Waals surface area contributed by atoms with Gasteiger partial charge in [-0.3, -0.25) is 0 Å². The standard InChI is InChI=1S/C8H5NO3/c10-4-9-6-2-1-3-7-8(6)12-5-11-7/h1-3H,5H2. The predicted octanol–water partition coefficient (Wildman–Crippen LogP) is 1.38. The van der Waals surface area contributed by atoms with Crippen molar-refractivity contribution in [2.75, 3.05) is 6.79 Å². The van der Waals surface area contributed by atoms with Crippen LogP contribution in [-0.2, 0) is 4.79 Å². The van der Waals surface area contributed by atoms with E-state index in [1.54, 1.807) is 18.2 Å². The number of isocyanates is 1. The molecule has 1 aromatic rings. The smallest absolute Gasteiger partial charge is 0.240 e. The van der Waals surface area contributed by atoms with Crippen LogP contribution < -0.4 is 9.47 Å². The summed E-state index contributed by atoms with van der Waals surface area (Å²) in [7, 11) is 0. The highest BCUT2D eigenvalue weighted by atomic mass is 16.7. The first-order valence-electron chi connectivity index (χ1n) is 3.38. The summed E-state index contributed by atoms with van der Waals surface area (Å²) in [6.45, 7) is 0.181. The van der Waals surface area contributed by atoms with Crippen LogP contribution in [-0.4, -0.2) is 12.9 Å². The molecule has 4 heteroatoms. The van der Waals surface area contributed by atoms with Crippen LogP contribution >= 0.6 is 0 Å². The minimum absolute atomic E-state index is 0.181. The van der Waals surface area contributed by atoms with E-state index in [0.717, 1.165) is 0 Å². The number of ether oxygens (including phenoxy) is 2. The molecule has 1 aromatic carbocycles. The second kappa shape index (κ2) is 2.68. The molecule has 0 unspecified atom stereocenters. The van der Waals surface area contributed by atoms with Gasteiger partial charge >= 0.3 is 0 Å². The van der Waals surface area contributed by atoms with Crippen molar-refractivity contribution in [3.05, 3.63) is 18.2 Å². The summed E-state index contributed by atoms with van der Waals surface area (Å²) in [5.41, 5.74) is 0.458. The van der Waals surface area contributed by atoms with Crippen LogP contribution in [0.1, 0.15) is 0 Å². The summed E-state index contributed by atoms with van der Waals surface area (Å²) in [6, 6.07) is 5.16. The normalized spacial score (nSPS) is 12.3. The molecule has 12 heavy (non-hydrogen) atoms. The topological polar surface area (TPSA) is 47.9 Å². The lowest BCUT2D eigenvalue weighted by molar-refractivity contribution is 0.174. The molecular weight excluding hydrogens is 158 g/mol. The van der Waals surface area contributed by atoms with E-state index in [1.165, 1.54) is 6.08 Å². The molecule has 0 saturated heterocycles. The van der Waals surface area contributed by atoms with Crippen LogP contribution in [0, 0.1) is 0 Å². The average molecular weight is 163 g/mol. The van der Waals surface area contributed by atoms with E-state index in [2.05, 4.69) is 4.99 Å². The Morgan fingerprint density at radius 1 is 1.42 bits per heavy atom. The fraction of sp³-hybridized carbons (Fsp3) is 0.125. The van der Waals surface area contributed by atoms with Crippen LogP contribution in [0.4, 0.5) is 5.69 Å². The highest BCUT2D eigenvalue weighted by Gasteiger charge is 2.16. The number of para-hydroxylation sites is 1. The van der Waals surface area contributed by atoms with Crippen molar-refractivity contribution in [1.82, 2.24) is 0 Å². The van der Waals surface area contributed by atoms with E-state index in [1.807, 2.05) is 0 Å². The number of fused-ring (bicyclic) bond motifs is 1. The zero-order valence-corrected chi connectivity index (χ0v) is 6.11. The minimum atomic E-state index is 0.181. The van der Waals surface area contributed by atoms with Crippen molar-refractivity contribution >= 4 is 11.8 Å². The zero-order chi connectivity index (χ0) is 8.39. The molecule has 0 atom stereocenters. The van der Waals surface area contributed by atoms with E-state index >= 15 is 0 Å². The summed E-state index contributed by atoms with van der Waals surface area (Å²) in [5, 5.41) is 0. The van der Waals surface area contributed by atoms with Gasteiger partial charge in [0.2, 0.25) is 12.9 Å². The molecule has 0 aliphatic carbocycles. The average Bonchev–Trinajstić information content (AvgIpc) is 2.53. The predicted molar refractivity (Wildman–Crippen MR) is 40.3 cm³/mol. The highest BCUT2D eigenvalue weighted by molar-refractivity contribution is 5.64. The van der Waals surface area contributed by atoms with Gasteiger partial charge in [-0.15, -0.1) is 0 Å². The second-order valence-corrected chi connectivity index (χ2v) is 2.21. The summed E-state index contributed by atoms with van der Waals surface area (Å²) < 4.78 is 10.2. The molecule has 0 amide bonds. The number of hydrogen-bond acceptors (Lipinski definition) is 4. The van der Waals surface area contributed by atoms with Crippen LogP contribution in [0.15, 0.2) is 23.2 Å². The first-order valence-corrected chi connectivity index (χ1v) is 3.38. The first kappa shape index (κ1) is 6.88. The van der Waals surface area contributed by atoms with E-state index in [0.29, 0.717) is 17.2 Å². The van der Waals surface area contributed by atoms with E-state index < -0.39 is 0 Å². The summed E-state index contributed by atoms with van der Waals surface area (Å²) >= 11 is 0. The zero-order valence-electron chi connectivity index (χ0n) is 6.11. The van der Waals surface area contributed by atoms with E-state index in [-0.39, 0.29) is 6.79 Å². The van der Waals surface area contributed by atoms with Crippen molar-refractivity contribution in [2.45, 2.75) is 0 Å². The summed E-state index contributed by atoms with van der Waals surface area (Å²) in [5.74, 6) is 1.13. The first-order chi connectivity index (χ1) is 5.92. The Labute approximate surface area is 68.4 Å². The molecule has 2 rings (SSSR count). The number of aliphatic imine (C=N–C) groups is 1. The molecule has 0 aromatic heterocycles. The van der Waals surface area contributed by atoms with Crippen LogP contribution in [0.5, 0.6) is 11.5 Å². The molecule has 0 saturated carbocycles. The summed E-state index contributed by atoms with van der Waals surface area (Å²) in [6.07, 6.45) is 1.45. The molecule has 0 spiro atoms. The largest absolute Gasteiger partial charge is 0.454 e. The molecular formula is C8H5NO3. The van der Waals surface area contributed by atoms with Crippen molar-refractivity contribution in [2.24, 2.45) is 4.99 Å². The third-order valence-corrected chi connectivity index (χ3v) is 1.54. The lowest BCUT2D eigenvalue weighted by Gasteiger charge is -1.96. The molecule has 1 aliphatic rings. The fourth-order valence-corrected chi connectivity index (χ4v) is 1.05. The van der Waals surface area contributed by atoms with Gasteiger partial charge in [0, 0.05) is 0 Å². The van der Waals surface area contributed by atoms with Gasteiger partial charge in [-0.1, -0.05) is 6.07 Å². The lowest BCUT2D eigenvalue weighted by Crippen LogP contribution is -1.93. The highest BCUT2D eigenvalue weighted by Crippen LogP contribution is 2.40. The number of benzene rings is 1. The molecule has 0 radical (unpaired) electrons. The number of nitrogens with zero attached hydrogens (tertiary/aromatic N) is 1. The van der Waals surface area contributed by atoms with Gasteiger partial charge in [0.25, 0.3) is 0 Å². The molecule has 4 nitrogen and oxygen atoms in total. The number of rotatable bonds is 1. The monoisotopic (exact) mass is 163 g/mol. The van der Waals surface area contributed by atoms with Gasteiger partial charge in [0.15, 0.2) is 11.5 Å². The van der Waals surface area contributed by atoms with Crippen molar-refractivity contribution in [3.8, 4) is 11.5 Å². The Morgan fingerprint density at radius 2 is 2.33 bits per heavy atom.